The zero-order valence-electron chi connectivity index (χ0n) is 7.80. The van der Waals surface area contributed by atoms with E-state index in [4.69, 9.17) is 5.11 Å². The maximum atomic E-state index is 8.66. The number of likely N-dealkylation sites (N-methyl/N-ethyl adjacent to an activating group) is 1. The summed E-state index contributed by atoms with van der Waals surface area (Å²) in [5.41, 5.74) is 0.573. The molecule has 0 spiro atoms. The minimum Gasteiger partial charge on any atom is -0.395 e. The van der Waals surface area contributed by atoms with Gasteiger partial charge in [-0.25, -0.2) is 0 Å². The lowest BCUT2D eigenvalue weighted by Crippen LogP contribution is -2.25. The third kappa shape index (κ3) is 2.46. The number of aliphatic hydroxyl groups excluding tert-OH is 1. The molecule has 1 saturated carbocycles. The van der Waals surface area contributed by atoms with E-state index in [-0.39, 0.29) is 6.61 Å². The van der Waals surface area contributed by atoms with Crippen LogP contribution >= 0.6 is 0 Å². The molecular weight excluding hydrogens is 138 g/mol. The summed E-state index contributed by atoms with van der Waals surface area (Å²) in [7, 11) is 2.07. The van der Waals surface area contributed by atoms with Crippen molar-refractivity contribution in [3.05, 3.63) is 0 Å². The number of hydrogen-bond donors (Lipinski definition) is 1. The van der Waals surface area contributed by atoms with E-state index in [1.165, 1.54) is 6.42 Å². The van der Waals surface area contributed by atoms with Gasteiger partial charge in [0.25, 0.3) is 0 Å². The van der Waals surface area contributed by atoms with E-state index in [0.29, 0.717) is 5.41 Å². The van der Waals surface area contributed by atoms with Crippen molar-refractivity contribution in [3.63, 3.8) is 0 Å². The molecule has 0 saturated heterocycles. The minimum absolute atomic E-state index is 0.281. The normalized spacial score (nSPS) is 27.5. The fourth-order valence-electron chi connectivity index (χ4n) is 1.53. The fourth-order valence-corrected chi connectivity index (χ4v) is 1.53. The van der Waals surface area contributed by atoms with Gasteiger partial charge in [-0.05, 0) is 24.8 Å². The molecule has 1 aliphatic rings. The maximum absolute atomic E-state index is 8.66. The van der Waals surface area contributed by atoms with Crippen LogP contribution in [0.15, 0.2) is 0 Å². The molecule has 1 N–H and O–H groups in total. The van der Waals surface area contributed by atoms with E-state index < -0.39 is 0 Å². The summed E-state index contributed by atoms with van der Waals surface area (Å²) >= 11 is 0. The predicted molar refractivity (Wildman–Crippen MR) is 46.5 cm³/mol. The Bertz CT molecular complexity index is 134. The summed E-state index contributed by atoms with van der Waals surface area (Å²) in [6.45, 7) is 6.86. The summed E-state index contributed by atoms with van der Waals surface area (Å²) in [4.78, 5) is 2.21. The third-order valence-electron chi connectivity index (χ3n) is 2.73. The van der Waals surface area contributed by atoms with Crippen LogP contribution in [0.4, 0.5) is 0 Å². The molecule has 1 unspecified atom stereocenters. The van der Waals surface area contributed by atoms with Gasteiger partial charge < -0.3 is 10.0 Å². The lowest BCUT2D eigenvalue weighted by Gasteiger charge is -2.15. The quantitative estimate of drug-likeness (QED) is 0.657. The molecule has 2 heteroatoms. The Balaban J connectivity index is 2.13. The molecule has 2 nitrogen and oxygen atoms in total. The molecule has 0 aliphatic heterocycles. The van der Waals surface area contributed by atoms with Gasteiger partial charge in [-0.15, -0.1) is 0 Å². The molecule has 0 amide bonds. The van der Waals surface area contributed by atoms with E-state index in [2.05, 4.69) is 25.8 Å². The van der Waals surface area contributed by atoms with Crippen molar-refractivity contribution in [1.82, 2.24) is 4.90 Å². The number of aliphatic hydroxyl groups is 1. The smallest absolute Gasteiger partial charge is 0.0558 e. The van der Waals surface area contributed by atoms with Crippen LogP contribution in [0.5, 0.6) is 0 Å². The van der Waals surface area contributed by atoms with Crippen LogP contribution in [-0.4, -0.2) is 36.8 Å². The topological polar surface area (TPSA) is 23.5 Å². The van der Waals surface area contributed by atoms with Gasteiger partial charge in [0.1, 0.15) is 0 Å². The SMILES string of the molecule is CN(CCO)CC1CC1(C)C. The first kappa shape index (κ1) is 9.01. The fraction of sp³-hybridized carbons (Fsp3) is 1.00. The van der Waals surface area contributed by atoms with Gasteiger partial charge in [-0.1, -0.05) is 13.8 Å². The van der Waals surface area contributed by atoms with Gasteiger partial charge in [-0.2, -0.15) is 0 Å². The molecule has 66 valence electrons. The summed E-state index contributed by atoms with van der Waals surface area (Å²) in [6.07, 6.45) is 1.35. The summed E-state index contributed by atoms with van der Waals surface area (Å²) in [5, 5.41) is 8.66. The number of rotatable bonds is 4. The highest BCUT2D eigenvalue weighted by molar-refractivity contribution is 4.96. The summed E-state index contributed by atoms with van der Waals surface area (Å²) in [5.74, 6) is 0.860. The maximum Gasteiger partial charge on any atom is 0.0558 e. The molecule has 1 fully saturated rings. The Hall–Kier alpha value is -0.0800. The lowest BCUT2D eigenvalue weighted by molar-refractivity contribution is 0.212. The molecular formula is C9H19NO. The first-order valence-electron chi connectivity index (χ1n) is 4.35. The van der Waals surface area contributed by atoms with Crippen molar-refractivity contribution in [2.45, 2.75) is 20.3 Å². The second-order valence-corrected chi connectivity index (χ2v) is 4.38. The Labute approximate surface area is 69.2 Å². The van der Waals surface area contributed by atoms with Gasteiger partial charge in [0, 0.05) is 13.1 Å². The van der Waals surface area contributed by atoms with Crippen LogP contribution in [-0.2, 0) is 0 Å². The molecule has 0 aromatic carbocycles. The highest BCUT2D eigenvalue weighted by Crippen LogP contribution is 2.51. The Morgan fingerprint density at radius 3 is 2.45 bits per heavy atom. The lowest BCUT2D eigenvalue weighted by atomic mass is 10.1. The monoisotopic (exact) mass is 157 g/mol. The average molecular weight is 157 g/mol. The molecule has 1 atom stereocenters. The van der Waals surface area contributed by atoms with Gasteiger partial charge in [-0.3, -0.25) is 0 Å². The Morgan fingerprint density at radius 2 is 2.09 bits per heavy atom. The van der Waals surface area contributed by atoms with Crippen molar-refractivity contribution in [2.75, 3.05) is 26.7 Å². The highest BCUT2D eigenvalue weighted by Gasteiger charge is 2.45. The number of hydrogen-bond acceptors (Lipinski definition) is 2. The first-order valence-corrected chi connectivity index (χ1v) is 4.35. The van der Waals surface area contributed by atoms with Gasteiger partial charge >= 0.3 is 0 Å². The van der Waals surface area contributed by atoms with Crippen LogP contribution in [0, 0.1) is 11.3 Å². The molecule has 0 bridgehead atoms. The van der Waals surface area contributed by atoms with Crippen molar-refractivity contribution in [1.29, 1.82) is 0 Å². The highest BCUT2D eigenvalue weighted by atomic mass is 16.3. The van der Waals surface area contributed by atoms with E-state index in [9.17, 15) is 0 Å². The standard InChI is InChI=1S/C9H19NO/c1-9(2)6-8(9)7-10(3)4-5-11/h8,11H,4-7H2,1-3H3. The van der Waals surface area contributed by atoms with Crippen molar-refractivity contribution in [3.8, 4) is 0 Å². The Morgan fingerprint density at radius 1 is 1.55 bits per heavy atom. The zero-order chi connectivity index (χ0) is 8.48. The second kappa shape index (κ2) is 3.11. The largest absolute Gasteiger partial charge is 0.395 e. The van der Waals surface area contributed by atoms with Crippen molar-refractivity contribution >= 4 is 0 Å². The minimum atomic E-state index is 0.281. The summed E-state index contributed by atoms with van der Waals surface area (Å²) < 4.78 is 0. The second-order valence-electron chi connectivity index (χ2n) is 4.38. The zero-order valence-corrected chi connectivity index (χ0v) is 7.80. The third-order valence-corrected chi connectivity index (χ3v) is 2.73. The van der Waals surface area contributed by atoms with Crippen LogP contribution < -0.4 is 0 Å². The van der Waals surface area contributed by atoms with E-state index in [1.807, 2.05) is 0 Å². The molecule has 0 radical (unpaired) electrons. The number of nitrogens with zero attached hydrogens (tertiary/aromatic N) is 1. The van der Waals surface area contributed by atoms with Crippen LogP contribution in [0.2, 0.25) is 0 Å². The van der Waals surface area contributed by atoms with E-state index in [0.717, 1.165) is 19.0 Å². The molecule has 11 heavy (non-hydrogen) atoms. The van der Waals surface area contributed by atoms with Crippen molar-refractivity contribution in [2.24, 2.45) is 11.3 Å². The van der Waals surface area contributed by atoms with Crippen LogP contribution in [0.3, 0.4) is 0 Å². The summed E-state index contributed by atoms with van der Waals surface area (Å²) in [6, 6.07) is 0. The molecule has 0 heterocycles. The van der Waals surface area contributed by atoms with E-state index >= 15 is 0 Å². The Kier molecular flexibility index (Phi) is 2.55. The van der Waals surface area contributed by atoms with E-state index in [1.54, 1.807) is 0 Å². The van der Waals surface area contributed by atoms with Gasteiger partial charge in [0.15, 0.2) is 0 Å². The molecule has 0 aromatic rings. The van der Waals surface area contributed by atoms with Gasteiger partial charge in [0.05, 0.1) is 6.61 Å². The molecule has 0 aromatic heterocycles. The predicted octanol–water partition coefficient (Wildman–Crippen LogP) is 0.957. The molecule has 1 rings (SSSR count). The van der Waals surface area contributed by atoms with Gasteiger partial charge in [0.2, 0.25) is 0 Å². The average Bonchev–Trinajstić information content (AvgIpc) is 2.39. The van der Waals surface area contributed by atoms with Crippen LogP contribution in [0.1, 0.15) is 20.3 Å². The van der Waals surface area contributed by atoms with Crippen molar-refractivity contribution < 1.29 is 5.11 Å². The molecule has 1 aliphatic carbocycles. The van der Waals surface area contributed by atoms with Crippen LogP contribution in [0.25, 0.3) is 0 Å². The first-order chi connectivity index (χ1) is 5.06.